The summed E-state index contributed by atoms with van der Waals surface area (Å²) < 4.78 is 12.9. The molecule has 1 fully saturated rings. The zero-order valence-corrected chi connectivity index (χ0v) is 14.4. The zero-order chi connectivity index (χ0) is 16.9. The predicted molar refractivity (Wildman–Crippen MR) is 91.8 cm³/mol. The third kappa shape index (κ3) is 4.27. The number of piperazine rings is 1. The standard InChI is InChI=1S/C16H20FN5OS/c1-21(11-15(23)22-8-6-18-7-9-22)16-20-19-14(24-16)10-12-2-4-13(17)5-3-12/h2-5,18H,6-11H2,1H3. The van der Waals surface area contributed by atoms with Gasteiger partial charge in [0.25, 0.3) is 0 Å². The number of carbonyl (C=O) groups is 1. The predicted octanol–water partition coefficient (Wildman–Crippen LogP) is 1.14. The number of anilines is 1. The van der Waals surface area contributed by atoms with Crippen molar-refractivity contribution in [1.29, 1.82) is 0 Å². The van der Waals surface area contributed by atoms with E-state index in [1.165, 1.54) is 23.5 Å². The normalized spacial score (nSPS) is 14.7. The van der Waals surface area contributed by atoms with Crippen LogP contribution in [0.5, 0.6) is 0 Å². The fourth-order valence-corrected chi connectivity index (χ4v) is 3.37. The average Bonchev–Trinajstić information content (AvgIpc) is 3.06. The lowest BCUT2D eigenvalue weighted by molar-refractivity contribution is -0.130. The minimum absolute atomic E-state index is 0.106. The molecule has 0 aliphatic carbocycles. The van der Waals surface area contributed by atoms with Gasteiger partial charge in [0, 0.05) is 39.6 Å². The summed E-state index contributed by atoms with van der Waals surface area (Å²) in [5, 5.41) is 13.1. The van der Waals surface area contributed by atoms with E-state index < -0.39 is 0 Å². The van der Waals surface area contributed by atoms with Gasteiger partial charge in [-0.15, -0.1) is 10.2 Å². The van der Waals surface area contributed by atoms with Crippen LogP contribution in [0, 0.1) is 5.82 Å². The first-order chi connectivity index (χ1) is 11.6. The van der Waals surface area contributed by atoms with Crippen LogP contribution >= 0.6 is 11.3 Å². The van der Waals surface area contributed by atoms with Crippen LogP contribution in [0.4, 0.5) is 9.52 Å². The van der Waals surface area contributed by atoms with Gasteiger partial charge in [0.05, 0.1) is 6.54 Å². The Morgan fingerprint density at radius 1 is 1.29 bits per heavy atom. The van der Waals surface area contributed by atoms with Gasteiger partial charge in [-0.2, -0.15) is 0 Å². The van der Waals surface area contributed by atoms with E-state index in [-0.39, 0.29) is 11.7 Å². The first kappa shape index (κ1) is 16.8. The fourth-order valence-electron chi connectivity index (χ4n) is 2.53. The Morgan fingerprint density at radius 2 is 2.00 bits per heavy atom. The van der Waals surface area contributed by atoms with Crippen molar-refractivity contribution in [1.82, 2.24) is 20.4 Å². The van der Waals surface area contributed by atoms with E-state index in [0.29, 0.717) is 13.0 Å². The topological polar surface area (TPSA) is 61.4 Å². The molecule has 1 amide bonds. The highest BCUT2D eigenvalue weighted by Gasteiger charge is 2.19. The van der Waals surface area contributed by atoms with Crippen molar-refractivity contribution in [3.63, 3.8) is 0 Å². The number of likely N-dealkylation sites (N-methyl/N-ethyl adjacent to an activating group) is 1. The molecule has 2 heterocycles. The maximum atomic E-state index is 12.9. The van der Waals surface area contributed by atoms with Crippen LogP contribution in [0.25, 0.3) is 0 Å². The SMILES string of the molecule is CN(CC(=O)N1CCNCC1)c1nnc(Cc2ccc(F)cc2)s1. The molecule has 1 N–H and O–H groups in total. The van der Waals surface area contributed by atoms with Gasteiger partial charge in [-0.1, -0.05) is 23.5 Å². The molecule has 0 bridgehead atoms. The Labute approximate surface area is 144 Å². The lowest BCUT2D eigenvalue weighted by Crippen LogP contribution is -2.49. The summed E-state index contributed by atoms with van der Waals surface area (Å²) in [6, 6.07) is 6.37. The van der Waals surface area contributed by atoms with E-state index in [4.69, 9.17) is 0 Å². The molecule has 0 unspecified atom stereocenters. The highest BCUT2D eigenvalue weighted by Crippen LogP contribution is 2.21. The summed E-state index contributed by atoms with van der Waals surface area (Å²) in [5.41, 5.74) is 0.985. The minimum Gasteiger partial charge on any atom is -0.340 e. The first-order valence-electron chi connectivity index (χ1n) is 7.88. The lowest BCUT2D eigenvalue weighted by Gasteiger charge is -2.29. The molecule has 0 saturated carbocycles. The fraction of sp³-hybridized carbons (Fsp3) is 0.438. The molecular weight excluding hydrogens is 329 g/mol. The molecule has 2 aromatic rings. The smallest absolute Gasteiger partial charge is 0.242 e. The van der Waals surface area contributed by atoms with Crippen LogP contribution in [-0.2, 0) is 11.2 Å². The van der Waals surface area contributed by atoms with Gasteiger partial charge in [-0.05, 0) is 17.7 Å². The molecule has 1 aromatic carbocycles. The number of benzene rings is 1. The van der Waals surface area contributed by atoms with Crippen molar-refractivity contribution in [2.45, 2.75) is 6.42 Å². The minimum atomic E-state index is -0.247. The van der Waals surface area contributed by atoms with Gasteiger partial charge in [0.15, 0.2) is 0 Å². The Balaban J connectivity index is 1.57. The van der Waals surface area contributed by atoms with Gasteiger partial charge in [0.1, 0.15) is 10.8 Å². The average molecular weight is 349 g/mol. The molecule has 1 saturated heterocycles. The molecule has 8 heteroatoms. The van der Waals surface area contributed by atoms with Crippen molar-refractivity contribution in [3.05, 3.63) is 40.7 Å². The second-order valence-electron chi connectivity index (χ2n) is 5.77. The number of nitrogens with one attached hydrogen (secondary N) is 1. The summed E-state index contributed by atoms with van der Waals surface area (Å²) in [4.78, 5) is 16.0. The monoisotopic (exact) mass is 349 g/mol. The third-order valence-electron chi connectivity index (χ3n) is 3.89. The summed E-state index contributed by atoms with van der Waals surface area (Å²) in [7, 11) is 1.85. The Hall–Kier alpha value is -2.06. The van der Waals surface area contributed by atoms with Crippen molar-refractivity contribution >= 4 is 22.4 Å². The third-order valence-corrected chi connectivity index (χ3v) is 4.93. The lowest BCUT2D eigenvalue weighted by atomic mass is 10.2. The van der Waals surface area contributed by atoms with Crippen molar-refractivity contribution in [3.8, 4) is 0 Å². The maximum Gasteiger partial charge on any atom is 0.242 e. The number of hydrogen-bond acceptors (Lipinski definition) is 6. The largest absolute Gasteiger partial charge is 0.340 e. The first-order valence-corrected chi connectivity index (χ1v) is 8.70. The zero-order valence-electron chi connectivity index (χ0n) is 13.5. The van der Waals surface area contributed by atoms with Crippen LogP contribution in [0.1, 0.15) is 10.6 Å². The number of hydrogen-bond donors (Lipinski definition) is 1. The van der Waals surface area contributed by atoms with Gasteiger partial charge < -0.3 is 15.1 Å². The van der Waals surface area contributed by atoms with Gasteiger partial charge in [-0.3, -0.25) is 4.79 Å². The van der Waals surface area contributed by atoms with E-state index in [1.54, 1.807) is 12.1 Å². The number of halogens is 1. The van der Waals surface area contributed by atoms with E-state index in [9.17, 15) is 9.18 Å². The van der Waals surface area contributed by atoms with E-state index >= 15 is 0 Å². The number of carbonyl (C=O) groups excluding carboxylic acids is 1. The van der Waals surface area contributed by atoms with Crippen LogP contribution < -0.4 is 10.2 Å². The molecule has 1 aliphatic heterocycles. The van der Waals surface area contributed by atoms with Crippen LogP contribution in [0.15, 0.2) is 24.3 Å². The van der Waals surface area contributed by atoms with E-state index in [1.807, 2.05) is 16.8 Å². The van der Waals surface area contributed by atoms with Gasteiger partial charge in [0.2, 0.25) is 11.0 Å². The van der Waals surface area contributed by atoms with Crippen LogP contribution in [0.2, 0.25) is 0 Å². The Morgan fingerprint density at radius 3 is 2.71 bits per heavy atom. The molecule has 0 spiro atoms. The maximum absolute atomic E-state index is 12.9. The molecule has 0 radical (unpaired) electrons. The number of nitrogens with zero attached hydrogens (tertiary/aromatic N) is 4. The molecule has 3 rings (SSSR count). The summed E-state index contributed by atoms with van der Waals surface area (Å²) >= 11 is 1.46. The van der Waals surface area contributed by atoms with E-state index in [2.05, 4.69) is 15.5 Å². The number of aromatic nitrogens is 2. The van der Waals surface area contributed by atoms with Crippen molar-refractivity contribution < 1.29 is 9.18 Å². The summed E-state index contributed by atoms with van der Waals surface area (Å²) in [5.74, 6) is -0.142. The summed E-state index contributed by atoms with van der Waals surface area (Å²) in [6.07, 6.45) is 0.609. The Kier molecular flexibility index (Phi) is 5.37. The van der Waals surface area contributed by atoms with Crippen molar-refractivity contribution in [2.75, 3.05) is 44.7 Å². The molecule has 128 valence electrons. The second kappa shape index (κ2) is 7.67. The highest BCUT2D eigenvalue weighted by atomic mass is 32.1. The quantitative estimate of drug-likeness (QED) is 0.877. The molecule has 1 aliphatic rings. The molecule has 0 atom stereocenters. The highest BCUT2D eigenvalue weighted by molar-refractivity contribution is 7.15. The molecule has 6 nitrogen and oxygen atoms in total. The van der Waals surface area contributed by atoms with Crippen LogP contribution in [0.3, 0.4) is 0 Å². The summed E-state index contributed by atoms with van der Waals surface area (Å²) in [6.45, 7) is 3.48. The van der Waals surface area contributed by atoms with E-state index in [0.717, 1.165) is 41.9 Å². The number of rotatable bonds is 5. The van der Waals surface area contributed by atoms with Gasteiger partial charge >= 0.3 is 0 Å². The molecule has 1 aromatic heterocycles. The van der Waals surface area contributed by atoms with Crippen molar-refractivity contribution in [2.24, 2.45) is 0 Å². The van der Waals surface area contributed by atoms with Gasteiger partial charge in [-0.25, -0.2) is 4.39 Å². The second-order valence-corrected chi connectivity index (χ2v) is 6.81. The van der Waals surface area contributed by atoms with Crippen LogP contribution in [-0.4, -0.2) is 60.8 Å². The molecular formula is C16H20FN5OS. The Bertz CT molecular complexity index is 684. The molecule has 24 heavy (non-hydrogen) atoms. The number of amides is 1.